The topological polar surface area (TPSA) is 87.4 Å². The number of nitrogens with zero attached hydrogens (tertiary/aromatic N) is 1. The van der Waals surface area contributed by atoms with Crippen LogP contribution in [0.3, 0.4) is 0 Å². The predicted octanol–water partition coefficient (Wildman–Crippen LogP) is 3.85. The lowest BCUT2D eigenvalue weighted by atomic mass is 9.97. The van der Waals surface area contributed by atoms with Gasteiger partial charge in [0.2, 0.25) is 11.5 Å². The number of hydrogen-bond acceptors (Lipinski definition) is 7. The van der Waals surface area contributed by atoms with Gasteiger partial charge in [0.15, 0.2) is 16.9 Å². The zero-order valence-corrected chi connectivity index (χ0v) is 19.7. The maximum absolute atomic E-state index is 13.8. The first-order valence-electron chi connectivity index (χ1n) is 11.3. The van der Waals surface area contributed by atoms with E-state index in [-0.39, 0.29) is 23.2 Å². The maximum Gasteiger partial charge on any atom is 0.291 e. The Morgan fingerprint density at radius 1 is 1.03 bits per heavy atom. The molecule has 8 nitrogen and oxygen atoms in total. The van der Waals surface area contributed by atoms with Crippen LogP contribution in [0.2, 0.25) is 0 Å². The SMILES string of the molecule is COc1cc([C@H]2c3c(oc4ccc(C)cc4c3=O)C(=O)N2C[C@H]2CCCO2)cc(OC)c1OC. The van der Waals surface area contributed by atoms with Crippen molar-refractivity contribution in [3.63, 3.8) is 0 Å². The Hall–Kier alpha value is -3.52. The van der Waals surface area contributed by atoms with Gasteiger partial charge in [-0.05, 0) is 49.6 Å². The van der Waals surface area contributed by atoms with Crippen molar-refractivity contribution in [3.8, 4) is 17.2 Å². The summed E-state index contributed by atoms with van der Waals surface area (Å²) in [4.78, 5) is 29.0. The van der Waals surface area contributed by atoms with E-state index in [1.165, 1.54) is 21.3 Å². The highest BCUT2D eigenvalue weighted by Crippen LogP contribution is 2.45. The fourth-order valence-electron chi connectivity index (χ4n) is 4.94. The number of methoxy groups -OCH3 is 3. The molecule has 5 rings (SSSR count). The quantitative estimate of drug-likeness (QED) is 0.546. The minimum absolute atomic E-state index is 0.0677. The summed E-state index contributed by atoms with van der Waals surface area (Å²) >= 11 is 0. The van der Waals surface area contributed by atoms with Crippen LogP contribution in [0.4, 0.5) is 0 Å². The number of benzene rings is 2. The van der Waals surface area contributed by atoms with Crippen molar-refractivity contribution in [3.05, 3.63) is 63.0 Å². The van der Waals surface area contributed by atoms with Gasteiger partial charge < -0.3 is 28.3 Å². The van der Waals surface area contributed by atoms with E-state index in [1.807, 2.05) is 13.0 Å². The summed E-state index contributed by atoms with van der Waals surface area (Å²) in [6.07, 6.45) is 1.69. The van der Waals surface area contributed by atoms with Crippen LogP contribution >= 0.6 is 0 Å². The number of hydrogen-bond donors (Lipinski definition) is 0. The van der Waals surface area contributed by atoms with Gasteiger partial charge in [0.05, 0.1) is 44.4 Å². The Balaban J connectivity index is 1.75. The average Bonchev–Trinajstić information content (AvgIpc) is 3.46. The normalized spacial score (nSPS) is 19.5. The molecule has 3 heterocycles. The van der Waals surface area contributed by atoms with Crippen LogP contribution in [-0.4, -0.2) is 51.4 Å². The summed E-state index contributed by atoms with van der Waals surface area (Å²) in [5, 5.41) is 0.447. The largest absolute Gasteiger partial charge is 0.493 e. The summed E-state index contributed by atoms with van der Waals surface area (Å²) in [5.41, 5.74) is 2.09. The van der Waals surface area contributed by atoms with E-state index in [1.54, 1.807) is 29.2 Å². The number of carbonyl (C=O) groups excluding carboxylic acids is 1. The van der Waals surface area contributed by atoms with Crippen molar-refractivity contribution < 1.29 is 28.2 Å². The molecule has 0 aliphatic carbocycles. The van der Waals surface area contributed by atoms with Gasteiger partial charge in [0.1, 0.15) is 5.58 Å². The summed E-state index contributed by atoms with van der Waals surface area (Å²) in [5.74, 6) is 1.05. The first-order chi connectivity index (χ1) is 16.5. The van der Waals surface area contributed by atoms with E-state index in [9.17, 15) is 9.59 Å². The van der Waals surface area contributed by atoms with E-state index >= 15 is 0 Å². The van der Waals surface area contributed by atoms with Crippen LogP contribution in [-0.2, 0) is 4.74 Å². The second-order valence-electron chi connectivity index (χ2n) is 8.63. The third-order valence-electron chi connectivity index (χ3n) is 6.55. The summed E-state index contributed by atoms with van der Waals surface area (Å²) < 4.78 is 28.4. The second kappa shape index (κ2) is 8.68. The fraction of sp³-hybridized carbons (Fsp3) is 0.385. The molecule has 8 heteroatoms. The first-order valence-corrected chi connectivity index (χ1v) is 11.3. The molecule has 2 aromatic carbocycles. The lowest BCUT2D eigenvalue weighted by Crippen LogP contribution is -2.36. The molecule has 3 aromatic rings. The fourth-order valence-corrected chi connectivity index (χ4v) is 4.94. The van der Waals surface area contributed by atoms with Crippen molar-refractivity contribution in [2.75, 3.05) is 34.5 Å². The first kappa shape index (κ1) is 22.3. The lowest BCUT2D eigenvalue weighted by molar-refractivity contribution is 0.0486. The molecule has 2 aliphatic rings. The molecular weight excluding hydrogens is 438 g/mol. The van der Waals surface area contributed by atoms with Crippen molar-refractivity contribution >= 4 is 16.9 Å². The molecule has 0 radical (unpaired) electrons. The van der Waals surface area contributed by atoms with Crippen molar-refractivity contribution in [1.29, 1.82) is 0 Å². The summed E-state index contributed by atoms with van der Waals surface area (Å²) in [6.45, 7) is 2.92. The van der Waals surface area contributed by atoms with Crippen molar-refractivity contribution in [2.45, 2.75) is 31.9 Å². The van der Waals surface area contributed by atoms with Crippen LogP contribution < -0.4 is 19.6 Å². The van der Waals surface area contributed by atoms with Gasteiger partial charge in [0.25, 0.3) is 5.91 Å². The van der Waals surface area contributed by atoms with Gasteiger partial charge in [-0.2, -0.15) is 0 Å². The maximum atomic E-state index is 13.8. The number of ether oxygens (including phenoxy) is 4. The van der Waals surface area contributed by atoms with Gasteiger partial charge in [-0.25, -0.2) is 0 Å². The molecule has 0 unspecified atom stereocenters. The molecule has 0 spiro atoms. The molecule has 0 bridgehead atoms. The van der Waals surface area contributed by atoms with Crippen LogP contribution in [0.1, 0.15) is 46.1 Å². The molecule has 2 atom stereocenters. The number of aryl methyl sites for hydroxylation is 1. The van der Waals surface area contributed by atoms with E-state index in [0.29, 0.717) is 52.5 Å². The molecule has 1 amide bonds. The molecule has 0 N–H and O–H groups in total. The summed E-state index contributed by atoms with van der Waals surface area (Å²) in [7, 11) is 4.59. The second-order valence-corrected chi connectivity index (χ2v) is 8.63. The average molecular weight is 466 g/mol. The zero-order chi connectivity index (χ0) is 24.0. The van der Waals surface area contributed by atoms with Crippen LogP contribution in [0.5, 0.6) is 17.2 Å². The zero-order valence-electron chi connectivity index (χ0n) is 19.7. The van der Waals surface area contributed by atoms with E-state index in [0.717, 1.165) is 18.4 Å². The highest BCUT2D eigenvalue weighted by Gasteiger charge is 2.44. The minimum atomic E-state index is -0.679. The number of rotatable bonds is 6. The Morgan fingerprint density at radius 2 is 1.76 bits per heavy atom. The van der Waals surface area contributed by atoms with E-state index < -0.39 is 6.04 Å². The van der Waals surface area contributed by atoms with E-state index in [4.69, 9.17) is 23.4 Å². The molecule has 1 saturated heterocycles. The molecule has 1 fully saturated rings. The van der Waals surface area contributed by atoms with Crippen LogP contribution in [0, 0.1) is 6.92 Å². The van der Waals surface area contributed by atoms with Crippen molar-refractivity contribution in [1.82, 2.24) is 4.90 Å². The van der Waals surface area contributed by atoms with Crippen LogP contribution in [0.25, 0.3) is 11.0 Å². The highest BCUT2D eigenvalue weighted by molar-refractivity contribution is 5.99. The minimum Gasteiger partial charge on any atom is -0.493 e. The highest BCUT2D eigenvalue weighted by atomic mass is 16.5. The van der Waals surface area contributed by atoms with Gasteiger partial charge in [0, 0.05) is 13.2 Å². The molecule has 1 aromatic heterocycles. The predicted molar refractivity (Wildman–Crippen MR) is 125 cm³/mol. The van der Waals surface area contributed by atoms with Gasteiger partial charge in [-0.3, -0.25) is 9.59 Å². The van der Waals surface area contributed by atoms with Gasteiger partial charge in [-0.1, -0.05) is 11.6 Å². The van der Waals surface area contributed by atoms with Gasteiger partial charge >= 0.3 is 0 Å². The molecule has 0 saturated carbocycles. The smallest absolute Gasteiger partial charge is 0.291 e. The third-order valence-corrected chi connectivity index (χ3v) is 6.55. The molecule has 178 valence electrons. The third kappa shape index (κ3) is 3.49. The number of fused-ring (bicyclic) bond motifs is 2. The Bertz CT molecular complexity index is 1300. The van der Waals surface area contributed by atoms with Crippen molar-refractivity contribution in [2.24, 2.45) is 0 Å². The Morgan fingerprint density at radius 3 is 2.38 bits per heavy atom. The molecule has 2 aliphatic heterocycles. The standard InChI is InChI=1S/C26H27NO7/c1-14-7-8-18-17(10-14)23(28)21-22(15-11-19(30-2)24(32-4)20(12-15)31-3)27(26(29)25(21)34-18)13-16-6-5-9-33-16/h7-8,10-12,16,22H,5-6,9,13H2,1-4H3/t16-,22+/m1/s1. The molecular formula is C26H27NO7. The van der Waals surface area contributed by atoms with E-state index in [2.05, 4.69) is 0 Å². The number of carbonyl (C=O) groups is 1. The Labute approximate surface area is 197 Å². The Kier molecular flexibility index (Phi) is 5.69. The molecule has 34 heavy (non-hydrogen) atoms. The monoisotopic (exact) mass is 465 g/mol. The van der Waals surface area contributed by atoms with Crippen LogP contribution in [0.15, 0.2) is 39.5 Å². The van der Waals surface area contributed by atoms with Gasteiger partial charge in [-0.15, -0.1) is 0 Å². The number of amides is 1. The summed E-state index contributed by atoms with van der Waals surface area (Å²) in [6, 6.07) is 8.25. The lowest BCUT2D eigenvalue weighted by Gasteiger charge is -2.28.